The lowest BCUT2D eigenvalue weighted by molar-refractivity contribution is -0.0873. The Morgan fingerprint density at radius 2 is 1.52 bits per heavy atom. The summed E-state index contributed by atoms with van der Waals surface area (Å²) in [5.74, 6) is 0. The summed E-state index contributed by atoms with van der Waals surface area (Å²) in [7, 11) is -10.5. The largest absolute Gasteiger partial charge is 0.505 e. The van der Waals surface area contributed by atoms with E-state index in [-0.39, 0.29) is 0 Å². The van der Waals surface area contributed by atoms with Crippen LogP contribution in [0, 0.1) is 0 Å². The molecule has 15 heteroatoms. The fourth-order valence-electron chi connectivity index (χ4n) is 1.16. The van der Waals surface area contributed by atoms with Crippen molar-refractivity contribution in [1.82, 2.24) is 0 Å². The van der Waals surface area contributed by atoms with Crippen molar-refractivity contribution in [3.63, 3.8) is 0 Å². The third-order valence-corrected chi connectivity index (χ3v) is 2.90. The first-order chi connectivity index (χ1) is 9.35. The molecule has 0 aromatic heterocycles. The maximum absolute atomic E-state index is 10.7. The van der Waals surface area contributed by atoms with Gasteiger partial charge in [0.25, 0.3) is 0 Å². The predicted molar refractivity (Wildman–Crippen MR) is 60.9 cm³/mol. The number of aliphatic hydroxyl groups excluding tert-OH is 2. The Kier molecular flexibility index (Phi) is 7.92. The van der Waals surface area contributed by atoms with Crippen molar-refractivity contribution in [2.45, 2.75) is 18.3 Å². The minimum atomic E-state index is -5.26. The summed E-state index contributed by atoms with van der Waals surface area (Å²) in [5.41, 5.74) is 0. The minimum Gasteiger partial charge on any atom is -0.450 e. The van der Waals surface area contributed by atoms with Gasteiger partial charge in [-0.25, -0.2) is 13.9 Å². The molecule has 0 aliphatic heterocycles. The van der Waals surface area contributed by atoms with E-state index in [9.17, 15) is 19.0 Å². The number of phosphoric ester groups is 2. The highest BCUT2D eigenvalue weighted by molar-refractivity contribution is 7.46. The topological polar surface area (TPSA) is 221 Å². The Hall–Kier alpha value is -0.590. The van der Waals surface area contributed by atoms with Gasteiger partial charge in [0.05, 0.1) is 6.61 Å². The lowest BCUT2D eigenvalue weighted by Gasteiger charge is -2.29. The molecule has 0 fully saturated rings. The zero-order valence-corrected chi connectivity index (χ0v) is 11.9. The van der Waals surface area contributed by atoms with Crippen LogP contribution in [-0.2, 0) is 22.9 Å². The van der Waals surface area contributed by atoms with Gasteiger partial charge in [-0.15, -0.1) is 0 Å². The molecule has 0 bridgehead atoms. The fraction of sp³-hybridized carbons (Fsp3) is 0.833. The number of phosphoric acid groups is 2. The van der Waals surface area contributed by atoms with E-state index in [1.54, 1.807) is 0 Å². The molecule has 0 rings (SSSR count). The van der Waals surface area contributed by atoms with Gasteiger partial charge in [-0.2, -0.15) is 0 Å². The summed E-state index contributed by atoms with van der Waals surface area (Å²) in [6.45, 7) is -2.26. The molecule has 0 heterocycles. The first-order valence-electron chi connectivity index (χ1n) is 4.98. The Labute approximate surface area is 117 Å². The van der Waals surface area contributed by atoms with E-state index >= 15 is 0 Å². The van der Waals surface area contributed by atoms with Crippen molar-refractivity contribution < 1.29 is 62.6 Å². The Bertz CT molecular complexity index is 424. The third kappa shape index (κ3) is 9.87. The second-order valence-electron chi connectivity index (χ2n) is 3.52. The van der Waals surface area contributed by atoms with Crippen LogP contribution in [-0.4, -0.2) is 72.6 Å². The summed E-state index contributed by atoms with van der Waals surface area (Å²) in [6.07, 6.45) is -8.21. The first-order valence-corrected chi connectivity index (χ1v) is 8.04. The molecule has 21 heavy (non-hydrogen) atoms. The second-order valence-corrected chi connectivity index (χ2v) is 5.91. The average Bonchev–Trinajstić information content (AvgIpc) is 2.28. The van der Waals surface area contributed by atoms with E-state index in [1.165, 1.54) is 0 Å². The van der Waals surface area contributed by atoms with Crippen LogP contribution in [0.1, 0.15) is 0 Å². The zero-order valence-electron chi connectivity index (χ0n) is 10.1. The molecule has 0 aromatic rings. The van der Waals surface area contributed by atoms with Crippen molar-refractivity contribution in [3.8, 4) is 0 Å². The molecule has 0 radical (unpaired) electrons. The third-order valence-electron chi connectivity index (χ3n) is 1.84. The lowest BCUT2D eigenvalue weighted by atomic mass is 10.1. The predicted octanol–water partition coefficient (Wildman–Crippen LogP) is -2.01. The summed E-state index contributed by atoms with van der Waals surface area (Å²) < 4.78 is 33.6. The maximum atomic E-state index is 10.7. The van der Waals surface area contributed by atoms with Crippen molar-refractivity contribution in [3.05, 3.63) is 0 Å². The molecule has 0 aliphatic rings. The van der Waals surface area contributed by atoms with Crippen molar-refractivity contribution in [2.75, 3.05) is 13.2 Å². The van der Waals surface area contributed by atoms with Crippen molar-refractivity contribution in [2.24, 2.45) is 0 Å². The molecule has 0 saturated heterocycles. The number of hydrogen-bond donors (Lipinski definition) is 7. The number of carbonyl (C=O) groups is 1. The minimum absolute atomic E-state index is 1.13. The molecular weight excluding hydrogens is 342 g/mol. The molecule has 0 spiro atoms. The number of carboxylic acid groups (broad SMARTS) is 1. The van der Waals surface area contributed by atoms with Gasteiger partial charge in [0, 0.05) is 0 Å². The van der Waals surface area contributed by atoms with E-state index in [0.717, 1.165) is 0 Å². The smallest absolute Gasteiger partial charge is 0.450 e. The Morgan fingerprint density at radius 3 is 1.86 bits per heavy atom. The normalized spacial score (nSPS) is 17.0. The molecule has 0 saturated carbocycles. The van der Waals surface area contributed by atoms with Crippen LogP contribution in [0.25, 0.3) is 0 Å². The van der Waals surface area contributed by atoms with E-state index < -0.39 is 53.3 Å². The monoisotopic (exact) mass is 356 g/mol. The van der Waals surface area contributed by atoms with Gasteiger partial charge in [-0.1, -0.05) is 0 Å². The zero-order chi connectivity index (χ0) is 16.8. The van der Waals surface area contributed by atoms with Crippen LogP contribution in [0.3, 0.4) is 0 Å². The molecule has 126 valence electrons. The maximum Gasteiger partial charge on any atom is 0.505 e. The van der Waals surface area contributed by atoms with Gasteiger partial charge in [0.15, 0.2) is 0 Å². The number of ether oxygens (including phenoxy) is 1. The van der Waals surface area contributed by atoms with E-state index in [0.29, 0.717) is 0 Å². The number of rotatable bonds is 9. The number of hydrogen-bond acceptors (Lipinski definition) is 8. The van der Waals surface area contributed by atoms with Gasteiger partial charge >= 0.3 is 21.8 Å². The van der Waals surface area contributed by atoms with Crippen LogP contribution in [0.15, 0.2) is 0 Å². The van der Waals surface area contributed by atoms with Crippen LogP contribution in [0.4, 0.5) is 4.79 Å². The van der Waals surface area contributed by atoms with Gasteiger partial charge in [0.2, 0.25) is 0 Å². The summed E-state index contributed by atoms with van der Waals surface area (Å²) >= 11 is 0. The quantitative estimate of drug-likeness (QED) is 0.175. The Morgan fingerprint density at radius 1 is 1.05 bits per heavy atom. The van der Waals surface area contributed by atoms with Crippen LogP contribution >= 0.6 is 15.6 Å². The highest BCUT2D eigenvalue weighted by Gasteiger charge is 2.39. The highest BCUT2D eigenvalue weighted by atomic mass is 31.2. The molecule has 0 amide bonds. The highest BCUT2D eigenvalue weighted by Crippen LogP contribution is 2.43. The van der Waals surface area contributed by atoms with Gasteiger partial charge < -0.3 is 39.6 Å². The van der Waals surface area contributed by atoms with Crippen LogP contribution < -0.4 is 0 Å². The Balaban J connectivity index is 5.27. The lowest BCUT2D eigenvalue weighted by Crippen LogP contribution is -2.44. The fourth-order valence-corrected chi connectivity index (χ4v) is 2.29. The van der Waals surface area contributed by atoms with Crippen molar-refractivity contribution >= 4 is 21.8 Å². The molecule has 0 aromatic carbocycles. The van der Waals surface area contributed by atoms with E-state index in [2.05, 4.69) is 13.8 Å². The molecule has 3 atom stereocenters. The molecular formula is C6H14O13P2. The van der Waals surface area contributed by atoms with E-state index in [4.69, 9.17) is 29.8 Å². The average molecular weight is 356 g/mol. The first kappa shape index (κ1) is 20.4. The van der Waals surface area contributed by atoms with Gasteiger partial charge in [-0.3, -0.25) is 9.05 Å². The number of aliphatic hydroxyl groups is 2. The van der Waals surface area contributed by atoms with Crippen molar-refractivity contribution in [1.29, 1.82) is 0 Å². The molecule has 7 N–H and O–H groups in total. The second kappa shape index (κ2) is 8.15. The summed E-state index contributed by atoms with van der Waals surface area (Å²) in [4.78, 5) is 44.8. The van der Waals surface area contributed by atoms with Crippen LogP contribution in [0.2, 0.25) is 0 Å². The van der Waals surface area contributed by atoms with Crippen LogP contribution in [0.5, 0.6) is 0 Å². The standard InChI is InChI=1S/C6H14O13P2/c7-1-3(8)5(19-21(14,15)16)4(2-17-6(9)10)18-20(11,12)13/h3-5,7-8H,1-2H2,(H,9,10)(H2,11,12,13)(H2,14,15,16)/t3-,4-,5-/m1/s1. The molecule has 0 unspecified atom stereocenters. The summed E-state index contributed by atoms with van der Waals surface area (Å²) in [6, 6.07) is 0. The van der Waals surface area contributed by atoms with E-state index in [1.807, 2.05) is 0 Å². The SMILES string of the molecule is O=C(O)OC[C@@H](OP(=O)(O)O)[C@H](OP(=O)(O)O)[C@H](O)CO. The van der Waals surface area contributed by atoms with Gasteiger partial charge in [-0.05, 0) is 0 Å². The summed E-state index contributed by atoms with van der Waals surface area (Å²) in [5, 5.41) is 26.4. The van der Waals surface area contributed by atoms with Gasteiger partial charge in [0.1, 0.15) is 24.9 Å². The molecule has 13 nitrogen and oxygen atoms in total. The molecule has 0 aliphatic carbocycles.